The Bertz CT molecular complexity index is 753. The first-order valence-corrected chi connectivity index (χ1v) is 7.83. The molecule has 0 saturated carbocycles. The van der Waals surface area contributed by atoms with Gasteiger partial charge in [0, 0.05) is 31.4 Å². The second kappa shape index (κ2) is 5.70. The van der Waals surface area contributed by atoms with E-state index in [2.05, 4.69) is 15.4 Å². The van der Waals surface area contributed by atoms with Crippen molar-refractivity contribution < 1.29 is 8.42 Å². The van der Waals surface area contributed by atoms with Gasteiger partial charge in [-0.15, -0.1) is 0 Å². The highest BCUT2D eigenvalue weighted by molar-refractivity contribution is 7.89. The van der Waals surface area contributed by atoms with Gasteiger partial charge in [0.15, 0.2) is 5.82 Å². The Kier molecular flexibility index (Phi) is 4.14. The van der Waals surface area contributed by atoms with Crippen LogP contribution in [0.2, 0.25) is 0 Å². The molecule has 2 aromatic rings. The Hall–Kier alpha value is -2.13. The van der Waals surface area contributed by atoms with Gasteiger partial charge in [0.2, 0.25) is 10.0 Å². The molecule has 2 rings (SSSR count). The zero-order chi connectivity index (χ0) is 15.6. The second-order valence-corrected chi connectivity index (χ2v) is 6.28. The van der Waals surface area contributed by atoms with Crippen molar-refractivity contribution in [2.75, 3.05) is 17.6 Å². The molecule has 8 nitrogen and oxygen atoms in total. The molecule has 0 fully saturated rings. The summed E-state index contributed by atoms with van der Waals surface area (Å²) in [6.07, 6.45) is 2.24. The fourth-order valence-corrected chi connectivity index (χ4v) is 2.83. The molecule has 0 unspecified atom stereocenters. The maximum Gasteiger partial charge on any atom is 0.238 e. The first kappa shape index (κ1) is 15.3. The number of aromatic nitrogens is 3. The lowest BCUT2D eigenvalue weighted by atomic mass is 10.1. The van der Waals surface area contributed by atoms with E-state index in [0.29, 0.717) is 35.7 Å². The van der Waals surface area contributed by atoms with E-state index in [-0.39, 0.29) is 4.90 Å². The van der Waals surface area contributed by atoms with E-state index in [9.17, 15) is 8.42 Å². The van der Waals surface area contributed by atoms with Gasteiger partial charge >= 0.3 is 0 Å². The average molecular weight is 310 g/mol. The minimum absolute atomic E-state index is 0.0287. The highest BCUT2D eigenvalue weighted by atomic mass is 32.2. The predicted octanol–water partition coefficient (Wildman–Crippen LogP) is 0.00772. The molecule has 0 aliphatic carbocycles. The zero-order valence-corrected chi connectivity index (χ0v) is 12.7. The third-order valence-corrected chi connectivity index (χ3v) is 4.04. The van der Waals surface area contributed by atoms with E-state index >= 15 is 0 Å². The van der Waals surface area contributed by atoms with Crippen molar-refractivity contribution in [3.8, 4) is 0 Å². The molecule has 9 heteroatoms. The summed E-state index contributed by atoms with van der Waals surface area (Å²) in [5.74, 6) is 0.707. The van der Waals surface area contributed by atoms with Crippen LogP contribution >= 0.6 is 0 Å². The van der Waals surface area contributed by atoms with Gasteiger partial charge < -0.3 is 11.1 Å². The third kappa shape index (κ3) is 3.70. The Morgan fingerprint density at radius 1 is 1.38 bits per heavy atom. The van der Waals surface area contributed by atoms with Crippen LogP contribution in [0.25, 0.3) is 0 Å². The number of aryl methyl sites for hydroxylation is 1. The van der Waals surface area contributed by atoms with Crippen LogP contribution in [0.5, 0.6) is 0 Å². The van der Waals surface area contributed by atoms with Crippen LogP contribution in [0.3, 0.4) is 0 Å². The molecule has 0 amide bonds. The number of rotatable bonds is 5. The van der Waals surface area contributed by atoms with Crippen molar-refractivity contribution in [3.63, 3.8) is 0 Å². The topological polar surface area (TPSA) is 129 Å². The van der Waals surface area contributed by atoms with Gasteiger partial charge in [0.25, 0.3) is 0 Å². The molecule has 114 valence electrons. The standard InChI is InChI=1S/C12H18N6O2S/c1-8-10(5-9(13)6-11(8)21(14,19)20)15-4-3-12-16-7-18(2)17-12/h5-7,15H,3-4,13H2,1-2H3,(H2,14,19,20). The molecule has 1 heterocycles. The lowest BCUT2D eigenvalue weighted by molar-refractivity contribution is 0.597. The molecule has 0 spiro atoms. The van der Waals surface area contributed by atoms with Crippen molar-refractivity contribution in [1.29, 1.82) is 0 Å². The quantitative estimate of drug-likeness (QED) is 0.667. The van der Waals surface area contributed by atoms with Gasteiger partial charge in [-0.2, -0.15) is 5.10 Å². The maximum atomic E-state index is 11.5. The molecule has 5 N–H and O–H groups in total. The van der Waals surface area contributed by atoms with Crippen LogP contribution in [-0.4, -0.2) is 29.7 Å². The van der Waals surface area contributed by atoms with Crippen molar-refractivity contribution >= 4 is 21.4 Å². The Morgan fingerprint density at radius 2 is 2.10 bits per heavy atom. The molecule has 0 atom stereocenters. The van der Waals surface area contributed by atoms with Gasteiger partial charge in [-0.25, -0.2) is 18.5 Å². The molecule has 0 saturated heterocycles. The fourth-order valence-electron chi connectivity index (χ4n) is 2.00. The number of hydrogen-bond acceptors (Lipinski definition) is 6. The Balaban J connectivity index is 2.15. The Labute approximate surface area is 123 Å². The van der Waals surface area contributed by atoms with Crippen molar-refractivity contribution in [1.82, 2.24) is 14.8 Å². The van der Waals surface area contributed by atoms with Gasteiger partial charge in [-0.1, -0.05) is 0 Å². The summed E-state index contributed by atoms with van der Waals surface area (Å²) < 4.78 is 24.7. The number of nitrogens with one attached hydrogen (secondary N) is 1. The van der Waals surface area contributed by atoms with Crippen LogP contribution in [0.15, 0.2) is 23.4 Å². The molecule has 0 bridgehead atoms. The lowest BCUT2D eigenvalue weighted by Gasteiger charge is -2.13. The molecule has 1 aromatic carbocycles. The SMILES string of the molecule is Cc1c(NCCc2ncn(C)n2)cc(N)cc1S(N)(=O)=O. The highest BCUT2D eigenvalue weighted by Gasteiger charge is 2.15. The second-order valence-electron chi connectivity index (χ2n) is 4.75. The van der Waals surface area contributed by atoms with Gasteiger partial charge in [-0.3, -0.25) is 4.68 Å². The smallest absolute Gasteiger partial charge is 0.238 e. The number of nitrogens with zero attached hydrogens (tertiary/aromatic N) is 3. The summed E-state index contributed by atoms with van der Waals surface area (Å²) in [5, 5.41) is 12.5. The van der Waals surface area contributed by atoms with Crippen LogP contribution < -0.4 is 16.2 Å². The third-order valence-electron chi connectivity index (χ3n) is 3.00. The van der Waals surface area contributed by atoms with Crippen LogP contribution in [-0.2, 0) is 23.5 Å². The van der Waals surface area contributed by atoms with Crippen LogP contribution in [0.1, 0.15) is 11.4 Å². The van der Waals surface area contributed by atoms with Crippen molar-refractivity contribution in [3.05, 3.63) is 29.8 Å². The minimum Gasteiger partial charge on any atom is -0.399 e. The molecular formula is C12H18N6O2S. The molecule has 0 radical (unpaired) electrons. The maximum absolute atomic E-state index is 11.5. The van der Waals surface area contributed by atoms with Gasteiger partial charge in [0.1, 0.15) is 6.33 Å². The van der Waals surface area contributed by atoms with Crippen molar-refractivity contribution in [2.45, 2.75) is 18.2 Å². The highest BCUT2D eigenvalue weighted by Crippen LogP contribution is 2.25. The number of nitrogens with two attached hydrogens (primary N) is 2. The molecular weight excluding hydrogens is 292 g/mol. The summed E-state index contributed by atoms with van der Waals surface area (Å²) >= 11 is 0. The summed E-state index contributed by atoms with van der Waals surface area (Å²) in [4.78, 5) is 4.14. The van der Waals surface area contributed by atoms with Crippen LogP contribution in [0, 0.1) is 6.92 Å². The zero-order valence-electron chi connectivity index (χ0n) is 11.9. The predicted molar refractivity (Wildman–Crippen MR) is 80.2 cm³/mol. The summed E-state index contributed by atoms with van der Waals surface area (Å²) in [6.45, 7) is 2.24. The van der Waals surface area contributed by atoms with Gasteiger partial charge in [-0.05, 0) is 24.6 Å². The fraction of sp³-hybridized carbons (Fsp3) is 0.333. The summed E-state index contributed by atoms with van der Waals surface area (Å²) in [6, 6.07) is 3.03. The van der Waals surface area contributed by atoms with E-state index in [4.69, 9.17) is 10.9 Å². The molecule has 0 aliphatic heterocycles. The van der Waals surface area contributed by atoms with Gasteiger partial charge in [0.05, 0.1) is 4.90 Å². The van der Waals surface area contributed by atoms with E-state index in [0.717, 1.165) is 0 Å². The summed E-state index contributed by atoms with van der Waals surface area (Å²) in [7, 11) is -2.00. The van der Waals surface area contributed by atoms with E-state index in [1.54, 1.807) is 31.0 Å². The number of anilines is 2. The van der Waals surface area contributed by atoms with Crippen LogP contribution in [0.4, 0.5) is 11.4 Å². The molecule has 1 aromatic heterocycles. The largest absolute Gasteiger partial charge is 0.399 e. The molecule has 0 aliphatic rings. The first-order valence-electron chi connectivity index (χ1n) is 6.28. The van der Waals surface area contributed by atoms with E-state index in [1.165, 1.54) is 6.07 Å². The molecule has 21 heavy (non-hydrogen) atoms. The first-order chi connectivity index (χ1) is 9.77. The van der Waals surface area contributed by atoms with E-state index < -0.39 is 10.0 Å². The number of benzene rings is 1. The number of sulfonamides is 1. The lowest BCUT2D eigenvalue weighted by Crippen LogP contribution is -2.16. The Morgan fingerprint density at radius 3 is 2.67 bits per heavy atom. The average Bonchev–Trinajstić information content (AvgIpc) is 2.77. The van der Waals surface area contributed by atoms with Crippen molar-refractivity contribution in [2.24, 2.45) is 12.2 Å². The summed E-state index contributed by atoms with van der Waals surface area (Å²) in [5.41, 5.74) is 7.24. The number of hydrogen-bond donors (Lipinski definition) is 3. The number of primary sulfonamides is 1. The monoisotopic (exact) mass is 310 g/mol. The normalized spacial score (nSPS) is 11.6. The minimum atomic E-state index is -3.80. The number of nitrogen functional groups attached to an aromatic ring is 1. The van der Waals surface area contributed by atoms with E-state index in [1.807, 2.05) is 0 Å².